The Bertz CT molecular complexity index is 329. The summed E-state index contributed by atoms with van der Waals surface area (Å²) in [6.45, 7) is 13.2. The molecule has 104 valence electrons. The van der Waals surface area contributed by atoms with Crippen molar-refractivity contribution in [2.24, 2.45) is 11.8 Å². The second-order valence-electron chi connectivity index (χ2n) is 5.57. The van der Waals surface area contributed by atoms with Crippen LogP contribution < -0.4 is 4.90 Å². The molecular weight excluding hydrogens is 244 g/mol. The molecule has 0 aromatic carbocycles. The molecular formula is C14H26N2OS. The quantitative estimate of drug-likeness (QED) is 0.825. The van der Waals surface area contributed by atoms with Gasteiger partial charge in [-0.05, 0) is 18.3 Å². The third-order valence-electron chi connectivity index (χ3n) is 2.69. The molecule has 0 aliphatic heterocycles. The number of aliphatic hydroxyl groups excluding tert-OH is 1. The molecule has 0 fully saturated rings. The number of rotatable bonds is 7. The number of thiazole rings is 1. The van der Waals surface area contributed by atoms with Crippen LogP contribution in [0.25, 0.3) is 0 Å². The molecule has 3 nitrogen and oxygen atoms in total. The van der Waals surface area contributed by atoms with Crippen molar-refractivity contribution in [3.63, 3.8) is 0 Å². The Balaban J connectivity index is 2.93. The van der Waals surface area contributed by atoms with Gasteiger partial charge in [-0.3, -0.25) is 0 Å². The summed E-state index contributed by atoms with van der Waals surface area (Å²) in [5, 5.41) is 10.4. The molecule has 0 spiro atoms. The minimum Gasteiger partial charge on any atom is -0.391 e. The minimum absolute atomic E-state index is 0.109. The van der Waals surface area contributed by atoms with Crippen LogP contribution in [0.4, 0.5) is 5.13 Å². The molecule has 1 N–H and O–H groups in total. The number of hydrogen-bond acceptors (Lipinski definition) is 4. The molecule has 0 aliphatic carbocycles. The molecule has 4 heteroatoms. The molecule has 0 bridgehead atoms. The summed E-state index contributed by atoms with van der Waals surface area (Å²) in [4.78, 5) is 8.07. The zero-order valence-corrected chi connectivity index (χ0v) is 13.0. The van der Waals surface area contributed by atoms with Gasteiger partial charge in [0, 0.05) is 13.1 Å². The fourth-order valence-corrected chi connectivity index (χ4v) is 3.04. The lowest BCUT2D eigenvalue weighted by Gasteiger charge is -2.25. The first-order valence-corrected chi connectivity index (χ1v) is 7.63. The number of nitrogens with zero attached hydrogens (tertiary/aromatic N) is 2. The van der Waals surface area contributed by atoms with Crippen LogP contribution in [-0.2, 0) is 13.0 Å². The SMILES string of the molecule is CCc1nc(N(CC(C)C)CC(C)C)sc1CO. The van der Waals surface area contributed by atoms with Gasteiger partial charge >= 0.3 is 0 Å². The number of aryl methyl sites for hydroxylation is 1. The lowest BCUT2D eigenvalue weighted by Crippen LogP contribution is -2.31. The van der Waals surface area contributed by atoms with Gasteiger partial charge in [-0.15, -0.1) is 0 Å². The van der Waals surface area contributed by atoms with Crippen LogP contribution in [0.2, 0.25) is 0 Å². The summed E-state index contributed by atoms with van der Waals surface area (Å²) < 4.78 is 0. The fourth-order valence-electron chi connectivity index (χ4n) is 2.02. The fraction of sp³-hybridized carbons (Fsp3) is 0.786. The Morgan fingerprint density at radius 1 is 1.17 bits per heavy atom. The smallest absolute Gasteiger partial charge is 0.185 e. The summed E-state index contributed by atoms with van der Waals surface area (Å²) in [5.41, 5.74) is 1.05. The van der Waals surface area contributed by atoms with E-state index >= 15 is 0 Å². The van der Waals surface area contributed by atoms with Gasteiger partial charge in [0.15, 0.2) is 5.13 Å². The Morgan fingerprint density at radius 2 is 1.72 bits per heavy atom. The average Bonchev–Trinajstić information content (AvgIpc) is 2.69. The highest BCUT2D eigenvalue weighted by Crippen LogP contribution is 2.28. The van der Waals surface area contributed by atoms with Crippen LogP contribution in [0, 0.1) is 11.8 Å². The number of hydrogen-bond donors (Lipinski definition) is 1. The predicted molar refractivity (Wildman–Crippen MR) is 79.3 cm³/mol. The van der Waals surface area contributed by atoms with Gasteiger partial charge in [0.05, 0.1) is 17.2 Å². The molecule has 0 aliphatic rings. The maximum Gasteiger partial charge on any atom is 0.185 e. The summed E-state index contributed by atoms with van der Waals surface area (Å²) in [6, 6.07) is 0. The molecule has 1 aromatic heterocycles. The normalized spacial score (nSPS) is 11.6. The lowest BCUT2D eigenvalue weighted by atomic mass is 10.1. The maximum absolute atomic E-state index is 9.36. The lowest BCUT2D eigenvalue weighted by molar-refractivity contribution is 0.284. The van der Waals surface area contributed by atoms with E-state index in [2.05, 4.69) is 39.5 Å². The standard InChI is InChI=1S/C14H26N2OS/c1-6-12-13(9-17)18-14(15-12)16(7-10(2)3)8-11(4)5/h10-11,17H,6-9H2,1-5H3. The third kappa shape index (κ3) is 4.25. The van der Waals surface area contributed by atoms with E-state index in [1.165, 1.54) is 0 Å². The zero-order chi connectivity index (χ0) is 13.7. The first-order valence-electron chi connectivity index (χ1n) is 6.82. The number of aromatic nitrogens is 1. The molecule has 1 aromatic rings. The van der Waals surface area contributed by atoms with E-state index in [-0.39, 0.29) is 6.61 Å². The predicted octanol–water partition coefficient (Wildman–Crippen LogP) is 3.32. The van der Waals surface area contributed by atoms with E-state index in [0.717, 1.165) is 35.2 Å². The third-order valence-corrected chi connectivity index (χ3v) is 3.83. The van der Waals surface area contributed by atoms with Crippen LogP contribution in [0.3, 0.4) is 0 Å². The number of anilines is 1. The van der Waals surface area contributed by atoms with Crippen molar-refractivity contribution in [2.75, 3.05) is 18.0 Å². The van der Waals surface area contributed by atoms with Gasteiger partial charge in [-0.2, -0.15) is 0 Å². The Morgan fingerprint density at radius 3 is 2.06 bits per heavy atom. The largest absolute Gasteiger partial charge is 0.391 e. The van der Waals surface area contributed by atoms with Gasteiger partial charge in [0.2, 0.25) is 0 Å². The van der Waals surface area contributed by atoms with Crippen molar-refractivity contribution in [1.29, 1.82) is 0 Å². The molecule has 0 radical (unpaired) electrons. The summed E-state index contributed by atoms with van der Waals surface area (Å²) in [5.74, 6) is 1.24. The first-order chi connectivity index (χ1) is 8.47. The zero-order valence-electron chi connectivity index (χ0n) is 12.2. The summed E-state index contributed by atoms with van der Waals surface area (Å²) >= 11 is 1.64. The minimum atomic E-state index is 0.109. The molecule has 0 saturated carbocycles. The van der Waals surface area contributed by atoms with Crippen molar-refractivity contribution in [3.05, 3.63) is 10.6 Å². The van der Waals surface area contributed by atoms with E-state index in [1.807, 2.05) is 0 Å². The molecule has 1 rings (SSSR count). The van der Waals surface area contributed by atoms with E-state index in [0.29, 0.717) is 11.8 Å². The second-order valence-corrected chi connectivity index (χ2v) is 6.63. The molecule has 1 heterocycles. The van der Waals surface area contributed by atoms with Crippen molar-refractivity contribution in [3.8, 4) is 0 Å². The molecule has 0 saturated heterocycles. The summed E-state index contributed by atoms with van der Waals surface area (Å²) in [6.07, 6.45) is 0.892. The van der Waals surface area contributed by atoms with E-state index in [9.17, 15) is 5.11 Å². The van der Waals surface area contributed by atoms with Gasteiger partial charge in [0.25, 0.3) is 0 Å². The van der Waals surface area contributed by atoms with Crippen LogP contribution in [0.1, 0.15) is 45.2 Å². The molecule has 0 unspecified atom stereocenters. The van der Waals surface area contributed by atoms with E-state index < -0.39 is 0 Å². The highest BCUT2D eigenvalue weighted by Gasteiger charge is 2.17. The average molecular weight is 270 g/mol. The Labute approximate surface area is 115 Å². The second kappa shape index (κ2) is 7.10. The van der Waals surface area contributed by atoms with Crippen LogP contribution >= 0.6 is 11.3 Å². The molecule has 0 amide bonds. The van der Waals surface area contributed by atoms with Crippen molar-refractivity contribution >= 4 is 16.5 Å². The highest BCUT2D eigenvalue weighted by atomic mass is 32.1. The van der Waals surface area contributed by atoms with Crippen molar-refractivity contribution < 1.29 is 5.11 Å². The first kappa shape index (κ1) is 15.4. The Hall–Kier alpha value is -0.610. The molecule has 0 atom stereocenters. The van der Waals surface area contributed by atoms with E-state index in [4.69, 9.17) is 4.98 Å². The number of aliphatic hydroxyl groups is 1. The van der Waals surface area contributed by atoms with E-state index in [1.54, 1.807) is 11.3 Å². The molecule has 18 heavy (non-hydrogen) atoms. The maximum atomic E-state index is 9.36. The van der Waals surface area contributed by atoms with Gasteiger partial charge in [0.1, 0.15) is 0 Å². The van der Waals surface area contributed by atoms with Crippen molar-refractivity contribution in [2.45, 2.75) is 47.6 Å². The summed E-state index contributed by atoms with van der Waals surface area (Å²) in [7, 11) is 0. The van der Waals surface area contributed by atoms with Gasteiger partial charge in [-0.1, -0.05) is 46.0 Å². The Kier molecular flexibility index (Phi) is 6.09. The van der Waals surface area contributed by atoms with Gasteiger partial charge in [-0.25, -0.2) is 4.98 Å². The van der Waals surface area contributed by atoms with Crippen molar-refractivity contribution in [1.82, 2.24) is 4.98 Å². The van der Waals surface area contributed by atoms with Crippen LogP contribution in [0.5, 0.6) is 0 Å². The van der Waals surface area contributed by atoms with Crippen LogP contribution in [0.15, 0.2) is 0 Å². The highest BCUT2D eigenvalue weighted by molar-refractivity contribution is 7.15. The topological polar surface area (TPSA) is 36.4 Å². The monoisotopic (exact) mass is 270 g/mol. The van der Waals surface area contributed by atoms with Gasteiger partial charge < -0.3 is 10.0 Å². The van der Waals surface area contributed by atoms with Crippen LogP contribution in [-0.4, -0.2) is 23.2 Å².